The minimum Gasteiger partial charge on any atom is -0.466 e. The van der Waals surface area contributed by atoms with E-state index in [0.717, 1.165) is 96.6 Å². The van der Waals surface area contributed by atoms with Gasteiger partial charge in [-0.1, -0.05) is 161 Å². The molecule has 0 fully saturated rings. The van der Waals surface area contributed by atoms with E-state index in [1.807, 2.05) is 6.08 Å². The molecule has 0 aromatic carbocycles. The Bertz CT molecular complexity index is 1090. The predicted molar refractivity (Wildman–Crippen MR) is 238 cm³/mol. The summed E-state index contributed by atoms with van der Waals surface area (Å²) in [6.45, 7) is 15.2. The summed E-state index contributed by atoms with van der Waals surface area (Å²) >= 11 is 0. The molecular weight excluding hydrogens is 711 g/mol. The van der Waals surface area contributed by atoms with Crippen LogP contribution < -0.4 is 0 Å². The number of rotatable bonds is 41. The van der Waals surface area contributed by atoms with E-state index in [2.05, 4.69) is 63.4 Å². The maximum absolute atomic E-state index is 12.7. The molecule has 0 bridgehead atoms. The van der Waals surface area contributed by atoms with Crippen LogP contribution in [0.15, 0.2) is 29.8 Å². The van der Waals surface area contributed by atoms with Gasteiger partial charge in [-0.05, 0) is 102 Å². The summed E-state index contributed by atoms with van der Waals surface area (Å²) < 4.78 is 17.0. The van der Waals surface area contributed by atoms with Crippen molar-refractivity contribution in [1.29, 1.82) is 0 Å². The zero-order valence-corrected chi connectivity index (χ0v) is 38.0. The third-order valence-electron chi connectivity index (χ3n) is 11.0. The highest BCUT2D eigenvalue weighted by molar-refractivity contribution is 5.70. The SMILES string of the molecule is C=C=C=C=CC(CCCCC)CC(=O)OCCCCCCCCCCC(CCCCCCCCCCOC(=O)CC(C)CCCCC)OC(=O)CCCN(C)CC. The molecule has 57 heavy (non-hydrogen) atoms. The topological polar surface area (TPSA) is 82.1 Å². The van der Waals surface area contributed by atoms with Gasteiger partial charge in [0.05, 0.1) is 19.6 Å². The number of carbonyl (C=O) groups excluding carboxylic acids is 3. The van der Waals surface area contributed by atoms with Gasteiger partial charge in [0, 0.05) is 12.8 Å². The fourth-order valence-corrected chi connectivity index (χ4v) is 7.17. The third-order valence-corrected chi connectivity index (χ3v) is 11.0. The average molecular weight is 800 g/mol. The number of nitrogens with zero attached hydrogens (tertiary/aromatic N) is 1. The van der Waals surface area contributed by atoms with Crippen LogP contribution in [0.2, 0.25) is 0 Å². The fraction of sp³-hybridized carbons (Fsp3) is 0.840. The molecule has 0 heterocycles. The highest BCUT2D eigenvalue weighted by Gasteiger charge is 2.15. The minimum atomic E-state index is -0.123. The summed E-state index contributed by atoms with van der Waals surface area (Å²) in [5, 5.41) is 0. The Morgan fingerprint density at radius 2 is 1.07 bits per heavy atom. The first-order valence-corrected chi connectivity index (χ1v) is 23.8. The Kier molecular flexibility index (Phi) is 39.7. The predicted octanol–water partition coefficient (Wildman–Crippen LogP) is 13.6. The Labute approximate surface area is 351 Å². The first-order valence-electron chi connectivity index (χ1n) is 23.8. The monoisotopic (exact) mass is 800 g/mol. The molecule has 0 amide bonds. The van der Waals surface area contributed by atoms with Gasteiger partial charge in [0.25, 0.3) is 0 Å². The van der Waals surface area contributed by atoms with E-state index in [-0.39, 0.29) is 29.9 Å². The summed E-state index contributed by atoms with van der Waals surface area (Å²) in [7, 11) is 2.09. The minimum absolute atomic E-state index is 0.0325. The van der Waals surface area contributed by atoms with Crippen LogP contribution in [-0.4, -0.2) is 62.3 Å². The van der Waals surface area contributed by atoms with E-state index >= 15 is 0 Å². The van der Waals surface area contributed by atoms with E-state index in [0.29, 0.717) is 38.4 Å². The molecule has 7 heteroatoms. The molecule has 3 atom stereocenters. The van der Waals surface area contributed by atoms with Crippen molar-refractivity contribution in [3.8, 4) is 0 Å². The number of esters is 3. The highest BCUT2D eigenvalue weighted by Crippen LogP contribution is 2.20. The third kappa shape index (κ3) is 38.7. The van der Waals surface area contributed by atoms with Gasteiger partial charge < -0.3 is 19.1 Å². The standard InChI is InChI=1S/C50H89NO6/c1-7-11-26-34-45(5)43-49(53)55-41-31-24-20-16-14-18-22-29-37-47(57-48(52)39-33-40-51(6)10-4)38-30-23-19-15-17-21-25-32-42-56-50(54)44-46(35-27-12-8-2)36-28-13-9-3/h35,45-47H,2,7,9-11,13-26,28-34,36-44H2,1,3-6H3. The highest BCUT2D eigenvalue weighted by atomic mass is 16.5. The Hall–Kier alpha value is -2.55. The van der Waals surface area contributed by atoms with Crippen LogP contribution in [0.5, 0.6) is 0 Å². The van der Waals surface area contributed by atoms with Gasteiger partial charge in [0.2, 0.25) is 0 Å². The summed E-state index contributed by atoms with van der Waals surface area (Å²) in [5.74, 6) is 0.360. The number of ether oxygens (including phenoxy) is 3. The van der Waals surface area contributed by atoms with E-state index < -0.39 is 0 Å². The molecule has 3 unspecified atom stereocenters. The number of allylic oxidation sites excluding steroid dienone is 1. The Balaban J connectivity index is 4.21. The quantitative estimate of drug-likeness (QED) is 0.0264. The van der Waals surface area contributed by atoms with Gasteiger partial charge in [0.1, 0.15) is 6.10 Å². The molecule has 0 radical (unpaired) electrons. The Morgan fingerprint density at radius 1 is 0.596 bits per heavy atom. The molecular formula is C50H89NO6. The molecule has 7 nitrogen and oxygen atoms in total. The Morgan fingerprint density at radius 3 is 1.58 bits per heavy atom. The van der Waals surface area contributed by atoms with Gasteiger partial charge >= 0.3 is 17.9 Å². The summed E-state index contributed by atoms with van der Waals surface area (Å²) in [5.41, 5.74) is 8.25. The van der Waals surface area contributed by atoms with Crippen molar-refractivity contribution >= 4 is 17.9 Å². The summed E-state index contributed by atoms with van der Waals surface area (Å²) in [4.78, 5) is 39.4. The summed E-state index contributed by atoms with van der Waals surface area (Å²) in [6.07, 6.45) is 33.7. The van der Waals surface area contributed by atoms with E-state index in [1.54, 1.807) is 0 Å². The normalized spacial score (nSPS) is 12.6. The lowest BCUT2D eigenvalue weighted by Gasteiger charge is -2.19. The molecule has 0 aliphatic heterocycles. The van der Waals surface area contributed by atoms with Crippen LogP contribution in [0.3, 0.4) is 0 Å². The average Bonchev–Trinajstić information content (AvgIpc) is 3.18. The number of hydrogen-bond acceptors (Lipinski definition) is 7. The largest absolute Gasteiger partial charge is 0.466 e. The van der Waals surface area contributed by atoms with Crippen LogP contribution in [0.25, 0.3) is 0 Å². The first kappa shape index (κ1) is 54.5. The zero-order chi connectivity index (χ0) is 42.0. The maximum Gasteiger partial charge on any atom is 0.306 e. The lowest BCUT2D eigenvalue weighted by atomic mass is 9.98. The molecule has 0 spiro atoms. The van der Waals surface area contributed by atoms with Crippen LogP contribution in [-0.2, 0) is 28.6 Å². The molecule has 0 aliphatic carbocycles. The molecule has 330 valence electrons. The second-order valence-electron chi connectivity index (χ2n) is 16.7. The van der Waals surface area contributed by atoms with E-state index in [1.165, 1.54) is 89.9 Å². The van der Waals surface area contributed by atoms with Gasteiger partial charge in [-0.25, -0.2) is 0 Å². The van der Waals surface area contributed by atoms with E-state index in [4.69, 9.17) is 14.2 Å². The van der Waals surface area contributed by atoms with Crippen LogP contribution in [0.4, 0.5) is 0 Å². The second-order valence-corrected chi connectivity index (χ2v) is 16.7. The smallest absolute Gasteiger partial charge is 0.306 e. The maximum atomic E-state index is 12.7. The molecule has 0 aromatic heterocycles. The zero-order valence-electron chi connectivity index (χ0n) is 38.0. The van der Waals surface area contributed by atoms with Crippen LogP contribution in [0, 0.1) is 11.8 Å². The number of unbranched alkanes of at least 4 members (excludes halogenated alkanes) is 18. The lowest BCUT2D eigenvalue weighted by Crippen LogP contribution is -2.22. The van der Waals surface area contributed by atoms with Gasteiger partial charge in [0.15, 0.2) is 0 Å². The van der Waals surface area contributed by atoms with Crippen molar-refractivity contribution in [2.45, 2.75) is 226 Å². The molecule has 0 N–H and O–H groups in total. The van der Waals surface area contributed by atoms with Crippen LogP contribution in [0.1, 0.15) is 220 Å². The van der Waals surface area contributed by atoms with Crippen molar-refractivity contribution < 1.29 is 28.6 Å². The molecule has 0 rings (SSSR count). The van der Waals surface area contributed by atoms with E-state index in [9.17, 15) is 14.4 Å². The van der Waals surface area contributed by atoms with Crippen molar-refractivity contribution in [3.05, 3.63) is 29.8 Å². The molecule has 0 saturated carbocycles. The first-order chi connectivity index (χ1) is 27.7. The number of hydrogen-bond donors (Lipinski definition) is 0. The van der Waals surface area contributed by atoms with Gasteiger partial charge in [-0.3, -0.25) is 14.4 Å². The van der Waals surface area contributed by atoms with Crippen molar-refractivity contribution in [3.63, 3.8) is 0 Å². The summed E-state index contributed by atoms with van der Waals surface area (Å²) in [6, 6.07) is 0. The molecule has 0 saturated heterocycles. The van der Waals surface area contributed by atoms with Crippen molar-refractivity contribution in [1.82, 2.24) is 4.90 Å². The van der Waals surface area contributed by atoms with Crippen molar-refractivity contribution in [2.24, 2.45) is 11.8 Å². The fourth-order valence-electron chi connectivity index (χ4n) is 7.17. The van der Waals surface area contributed by atoms with Gasteiger partial charge in [-0.2, -0.15) is 0 Å². The number of carbonyl (C=O) groups is 3. The lowest BCUT2D eigenvalue weighted by molar-refractivity contribution is -0.150. The van der Waals surface area contributed by atoms with Crippen LogP contribution >= 0.6 is 0 Å². The molecule has 0 aromatic rings. The second kappa shape index (κ2) is 41.6. The van der Waals surface area contributed by atoms with Gasteiger partial charge in [-0.15, -0.1) is 0 Å². The van der Waals surface area contributed by atoms with Crippen molar-refractivity contribution in [2.75, 3.05) is 33.4 Å². The molecule has 0 aliphatic rings.